The summed E-state index contributed by atoms with van der Waals surface area (Å²) in [4.78, 5) is 15.9. The Bertz CT molecular complexity index is 358. The van der Waals surface area contributed by atoms with Gasteiger partial charge in [0.1, 0.15) is 0 Å². The van der Waals surface area contributed by atoms with E-state index in [1.165, 1.54) is 0 Å². The third-order valence-electron chi connectivity index (χ3n) is 2.53. The molecule has 0 saturated carbocycles. The Morgan fingerprint density at radius 3 is 2.94 bits per heavy atom. The Morgan fingerprint density at radius 2 is 2.25 bits per heavy atom. The van der Waals surface area contributed by atoms with Gasteiger partial charge in [-0.25, -0.2) is 0 Å². The van der Waals surface area contributed by atoms with Crippen LogP contribution >= 0.6 is 0 Å². The molecule has 2 nitrogen and oxygen atoms in total. The molecule has 0 saturated heterocycles. The Morgan fingerprint density at radius 1 is 1.44 bits per heavy atom. The van der Waals surface area contributed by atoms with E-state index in [0.29, 0.717) is 6.42 Å². The number of Topliss-reactive ketones (excluding diaryl/α,β-unsaturated/α-hetero) is 1. The normalized spacial score (nSPS) is 10.1. The molecule has 1 heterocycles. The smallest absolute Gasteiger partial charge is 0.162 e. The van der Waals surface area contributed by atoms with Gasteiger partial charge in [-0.1, -0.05) is 12.5 Å². The van der Waals surface area contributed by atoms with Crippen molar-refractivity contribution in [3.05, 3.63) is 42.2 Å². The van der Waals surface area contributed by atoms with Crippen molar-refractivity contribution >= 4 is 5.78 Å². The standard InChI is InChI=1S/C14H19NO/c1-3-4-5-6-7-8-14(16)13-9-10-15-12(2)11-13/h3,9-11H,1,4-8H2,2H3. The third-order valence-corrected chi connectivity index (χ3v) is 2.53. The van der Waals surface area contributed by atoms with E-state index in [4.69, 9.17) is 0 Å². The molecule has 0 aromatic carbocycles. The van der Waals surface area contributed by atoms with E-state index in [1.807, 2.05) is 19.1 Å². The Kier molecular flexibility index (Phi) is 5.48. The molecule has 0 bridgehead atoms. The molecule has 0 aliphatic heterocycles. The van der Waals surface area contributed by atoms with Crippen LogP contribution in [0.1, 0.15) is 48.2 Å². The summed E-state index contributed by atoms with van der Waals surface area (Å²) in [5.41, 5.74) is 1.69. The number of hydrogen-bond acceptors (Lipinski definition) is 2. The summed E-state index contributed by atoms with van der Waals surface area (Å²) in [7, 11) is 0. The van der Waals surface area contributed by atoms with Gasteiger partial charge in [0, 0.05) is 23.9 Å². The number of allylic oxidation sites excluding steroid dienone is 1. The molecule has 0 unspecified atom stereocenters. The zero-order chi connectivity index (χ0) is 11.8. The summed E-state index contributed by atoms with van der Waals surface area (Å²) >= 11 is 0. The molecular weight excluding hydrogens is 198 g/mol. The molecule has 1 aromatic rings. The monoisotopic (exact) mass is 217 g/mol. The molecule has 0 aliphatic rings. The lowest BCUT2D eigenvalue weighted by molar-refractivity contribution is 0.0979. The van der Waals surface area contributed by atoms with E-state index in [2.05, 4.69) is 11.6 Å². The highest BCUT2D eigenvalue weighted by atomic mass is 16.1. The summed E-state index contributed by atoms with van der Waals surface area (Å²) in [5.74, 6) is 0.226. The summed E-state index contributed by atoms with van der Waals surface area (Å²) in [6, 6.07) is 3.64. The van der Waals surface area contributed by atoms with Crippen LogP contribution in [0, 0.1) is 6.92 Å². The van der Waals surface area contributed by atoms with Crippen molar-refractivity contribution in [2.45, 2.75) is 39.0 Å². The zero-order valence-electron chi connectivity index (χ0n) is 9.91. The molecule has 1 rings (SSSR count). The Balaban J connectivity index is 2.32. The molecule has 1 aromatic heterocycles. The number of unbranched alkanes of at least 4 members (excludes halogenated alkanes) is 3. The first-order valence-corrected chi connectivity index (χ1v) is 5.81. The summed E-state index contributed by atoms with van der Waals surface area (Å²) < 4.78 is 0. The summed E-state index contributed by atoms with van der Waals surface area (Å²) in [6.45, 7) is 5.58. The first-order valence-electron chi connectivity index (χ1n) is 5.81. The fourth-order valence-corrected chi connectivity index (χ4v) is 1.61. The zero-order valence-corrected chi connectivity index (χ0v) is 9.91. The maximum absolute atomic E-state index is 11.8. The van der Waals surface area contributed by atoms with Gasteiger partial charge in [0.05, 0.1) is 0 Å². The van der Waals surface area contributed by atoms with Crippen LogP contribution in [0.5, 0.6) is 0 Å². The van der Waals surface area contributed by atoms with E-state index in [9.17, 15) is 4.79 Å². The molecule has 0 aliphatic carbocycles. The number of carbonyl (C=O) groups is 1. The van der Waals surface area contributed by atoms with Crippen LogP contribution in [-0.2, 0) is 0 Å². The van der Waals surface area contributed by atoms with Crippen LogP contribution in [0.2, 0.25) is 0 Å². The molecular formula is C14H19NO. The minimum Gasteiger partial charge on any atom is -0.294 e. The number of carbonyl (C=O) groups excluding carboxylic acids is 1. The maximum Gasteiger partial charge on any atom is 0.162 e. The lowest BCUT2D eigenvalue weighted by Crippen LogP contribution is -1.99. The van der Waals surface area contributed by atoms with Crippen molar-refractivity contribution in [1.82, 2.24) is 4.98 Å². The quantitative estimate of drug-likeness (QED) is 0.396. The number of nitrogens with zero attached hydrogens (tertiary/aromatic N) is 1. The van der Waals surface area contributed by atoms with Crippen LogP contribution in [0.15, 0.2) is 31.0 Å². The molecule has 0 atom stereocenters. The van der Waals surface area contributed by atoms with E-state index in [-0.39, 0.29) is 5.78 Å². The second-order valence-corrected chi connectivity index (χ2v) is 4.00. The average Bonchev–Trinajstić information content (AvgIpc) is 2.28. The van der Waals surface area contributed by atoms with Crippen molar-refractivity contribution in [3.63, 3.8) is 0 Å². The highest BCUT2D eigenvalue weighted by Crippen LogP contribution is 2.09. The van der Waals surface area contributed by atoms with Gasteiger partial charge in [-0.3, -0.25) is 9.78 Å². The van der Waals surface area contributed by atoms with Gasteiger partial charge in [0.25, 0.3) is 0 Å². The largest absolute Gasteiger partial charge is 0.294 e. The topological polar surface area (TPSA) is 30.0 Å². The highest BCUT2D eigenvalue weighted by molar-refractivity contribution is 5.95. The van der Waals surface area contributed by atoms with Crippen LogP contribution in [-0.4, -0.2) is 10.8 Å². The van der Waals surface area contributed by atoms with Gasteiger partial charge in [-0.05, 0) is 38.3 Å². The Hall–Kier alpha value is -1.44. The van der Waals surface area contributed by atoms with Crippen molar-refractivity contribution in [1.29, 1.82) is 0 Å². The lowest BCUT2D eigenvalue weighted by atomic mass is 10.0. The van der Waals surface area contributed by atoms with Crippen LogP contribution in [0.3, 0.4) is 0 Å². The van der Waals surface area contributed by atoms with Gasteiger partial charge in [0.2, 0.25) is 0 Å². The third kappa shape index (κ3) is 4.39. The minimum atomic E-state index is 0.226. The lowest BCUT2D eigenvalue weighted by Gasteiger charge is -2.01. The number of ketones is 1. The molecule has 0 spiro atoms. The first kappa shape index (κ1) is 12.6. The van der Waals surface area contributed by atoms with Gasteiger partial charge in [-0.15, -0.1) is 6.58 Å². The average molecular weight is 217 g/mol. The predicted octanol–water partition coefficient (Wildman–Crippen LogP) is 3.71. The van der Waals surface area contributed by atoms with Gasteiger partial charge in [0.15, 0.2) is 5.78 Å². The molecule has 2 heteroatoms. The first-order chi connectivity index (χ1) is 7.74. The molecule has 86 valence electrons. The van der Waals surface area contributed by atoms with E-state index in [1.54, 1.807) is 12.3 Å². The summed E-state index contributed by atoms with van der Waals surface area (Å²) in [6.07, 6.45) is 8.50. The maximum atomic E-state index is 11.8. The predicted molar refractivity (Wildman–Crippen MR) is 66.6 cm³/mol. The number of aryl methyl sites for hydroxylation is 1. The molecule has 16 heavy (non-hydrogen) atoms. The van der Waals surface area contributed by atoms with E-state index in [0.717, 1.165) is 36.9 Å². The fraction of sp³-hybridized carbons (Fsp3) is 0.429. The van der Waals surface area contributed by atoms with Gasteiger partial charge >= 0.3 is 0 Å². The summed E-state index contributed by atoms with van der Waals surface area (Å²) in [5, 5.41) is 0. The highest BCUT2D eigenvalue weighted by Gasteiger charge is 2.05. The number of rotatable bonds is 7. The Labute approximate surface area is 97.4 Å². The number of aromatic nitrogens is 1. The number of hydrogen-bond donors (Lipinski definition) is 0. The van der Waals surface area contributed by atoms with Gasteiger partial charge in [-0.2, -0.15) is 0 Å². The SMILES string of the molecule is C=CCCCCCC(=O)c1ccnc(C)c1. The molecule has 0 amide bonds. The fourth-order valence-electron chi connectivity index (χ4n) is 1.61. The number of pyridine rings is 1. The molecule has 0 fully saturated rings. The second-order valence-electron chi connectivity index (χ2n) is 4.00. The van der Waals surface area contributed by atoms with Crippen molar-refractivity contribution in [2.24, 2.45) is 0 Å². The van der Waals surface area contributed by atoms with Crippen molar-refractivity contribution in [3.8, 4) is 0 Å². The van der Waals surface area contributed by atoms with E-state index < -0.39 is 0 Å². The minimum absolute atomic E-state index is 0.226. The molecule has 0 N–H and O–H groups in total. The van der Waals surface area contributed by atoms with Crippen LogP contribution < -0.4 is 0 Å². The van der Waals surface area contributed by atoms with Crippen LogP contribution in [0.25, 0.3) is 0 Å². The van der Waals surface area contributed by atoms with Crippen LogP contribution in [0.4, 0.5) is 0 Å². The molecule has 0 radical (unpaired) electrons. The van der Waals surface area contributed by atoms with Gasteiger partial charge < -0.3 is 0 Å². The van der Waals surface area contributed by atoms with Crippen molar-refractivity contribution in [2.75, 3.05) is 0 Å². The van der Waals surface area contributed by atoms with E-state index >= 15 is 0 Å². The van der Waals surface area contributed by atoms with Crippen molar-refractivity contribution < 1.29 is 4.79 Å². The second kappa shape index (κ2) is 6.94.